The van der Waals surface area contributed by atoms with Crippen LogP contribution in [0.5, 0.6) is 0 Å². The monoisotopic (exact) mass is 546 g/mol. The number of aliphatic carboxylic acids is 1. The van der Waals surface area contributed by atoms with Gasteiger partial charge in [0.1, 0.15) is 0 Å². The van der Waals surface area contributed by atoms with Crippen LogP contribution in [0.2, 0.25) is 0 Å². The Morgan fingerprint density at radius 2 is 1.41 bits per heavy atom. The Kier molecular flexibility index (Phi) is 18.5. The third kappa shape index (κ3) is 12.7. The van der Waals surface area contributed by atoms with Crippen LogP contribution in [0, 0.1) is 0 Å². The summed E-state index contributed by atoms with van der Waals surface area (Å²) in [5.74, 6) is -1.01. The zero-order valence-corrected chi connectivity index (χ0v) is 27.4. The molecule has 0 bridgehead atoms. The molecule has 0 unspecified atom stereocenters. The average Bonchev–Trinajstić information content (AvgIpc) is 3.23. The van der Waals surface area contributed by atoms with E-state index in [-0.39, 0.29) is 41.8 Å². The molecule has 0 saturated carbocycles. The van der Waals surface area contributed by atoms with Gasteiger partial charge >= 0.3 is 29.6 Å². The maximum atomic E-state index is 13.4. The van der Waals surface area contributed by atoms with Gasteiger partial charge in [-0.1, -0.05) is 85.0 Å². The number of carbonyl (C=O) groups is 2. The van der Waals surface area contributed by atoms with Crippen molar-refractivity contribution < 1.29 is 44.3 Å². The molecule has 39 heavy (non-hydrogen) atoms. The summed E-state index contributed by atoms with van der Waals surface area (Å²) in [5.41, 5.74) is 4.47. The maximum absolute atomic E-state index is 13.4. The number of hydrogen-bond donors (Lipinski definition) is 1. The van der Waals surface area contributed by atoms with Crippen molar-refractivity contribution in [1.82, 2.24) is 4.57 Å². The first-order valence-electron chi connectivity index (χ1n) is 15.2. The molecule has 6 heteroatoms. The van der Waals surface area contributed by atoms with Crippen LogP contribution >= 0.6 is 0 Å². The predicted octanol–water partition coefficient (Wildman–Crippen LogP) is 4.40. The van der Waals surface area contributed by atoms with Crippen molar-refractivity contribution in [3.63, 3.8) is 0 Å². The third-order valence-electron chi connectivity index (χ3n) is 7.68. The number of carboxylic acid groups (broad SMARTS) is 1. The molecule has 0 aliphatic rings. The molecule has 1 aromatic carbocycles. The first-order valence-corrected chi connectivity index (χ1v) is 15.2. The quantitative estimate of drug-likeness (QED) is 0.143. The minimum Gasteiger partial charge on any atom is -0.550 e. The van der Waals surface area contributed by atoms with E-state index in [1.54, 1.807) is 0 Å². The van der Waals surface area contributed by atoms with Crippen molar-refractivity contribution >= 4 is 17.4 Å². The summed E-state index contributed by atoms with van der Waals surface area (Å²) in [7, 11) is 1.96. The number of nitrogens with zero attached hydrogens (tertiary/aromatic N) is 1. The van der Waals surface area contributed by atoms with Gasteiger partial charge in [-0.05, 0) is 68.9 Å². The normalized spacial score (nSPS) is 11.0. The van der Waals surface area contributed by atoms with Gasteiger partial charge in [0, 0.05) is 47.3 Å². The zero-order chi connectivity index (χ0) is 27.8. The fourth-order valence-corrected chi connectivity index (χ4v) is 5.36. The van der Waals surface area contributed by atoms with Crippen molar-refractivity contribution in [2.24, 2.45) is 7.05 Å². The summed E-state index contributed by atoms with van der Waals surface area (Å²) in [6.45, 7) is 6.57. The van der Waals surface area contributed by atoms with Gasteiger partial charge in [0.05, 0.1) is 0 Å². The van der Waals surface area contributed by atoms with Crippen molar-refractivity contribution in [2.75, 3.05) is 5.32 Å². The SMILES string of the molecule is CCCCCCCC(CCCCCCC)Nc1ccc(C(=O)c2cc(CCCC(=O)[O-])n(C)c2CC)cc1.[Na+]. The predicted molar refractivity (Wildman–Crippen MR) is 157 cm³/mol. The van der Waals surface area contributed by atoms with Crippen molar-refractivity contribution in [2.45, 2.75) is 130 Å². The second-order valence-electron chi connectivity index (χ2n) is 10.8. The van der Waals surface area contributed by atoms with Gasteiger partial charge in [-0.15, -0.1) is 0 Å². The Bertz CT molecular complexity index is 954. The van der Waals surface area contributed by atoms with Crippen LogP contribution in [0.3, 0.4) is 0 Å². The summed E-state index contributed by atoms with van der Waals surface area (Å²) in [6.07, 6.45) is 17.3. The van der Waals surface area contributed by atoms with Crippen LogP contribution in [0.25, 0.3) is 0 Å². The van der Waals surface area contributed by atoms with Crippen molar-refractivity contribution in [1.29, 1.82) is 0 Å². The van der Waals surface area contributed by atoms with Crippen LogP contribution in [-0.2, 0) is 24.7 Å². The number of carboxylic acids is 1. The molecule has 0 atom stereocenters. The number of aryl methyl sites for hydroxylation is 1. The number of ketones is 1. The summed E-state index contributed by atoms with van der Waals surface area (Å²) in [4.78, 5) is 24.2. The number of aromatic nitrogens is 1. The van der Waals surface area contributed by atoms with E-state index >= 15 is 0 Å². The molecule has 2 aromatic rings. The molecule has 0 aliphatic heterocycles. The Balaban J connectivity index is 0.00000760. The molecule has 212 valence electrons. The van der Waals surface area contributed by atoms with Crippen LogP contribution < -0.4 is 40.0 Å². The Morgan fingerprint density at radius 1 is 0.846 bits per heavy atom. The van der Waals surface area contributed by atoms with E-state index in [4.69, 9.17) is 0 Å². The molecule has 0 aliphatic carbocycles. The number of nitrogens with one attached hydrogen (secondary N) is 1. The molecule has 2 rings (SSSR count). The maximum Gasteiger partial charge on any atom is 1.00 e. The first kappa shape index (κ1) is 35.5. The molecule has 1 N–H and O–H groups in total. The zero-order valence-electron chi connectivity index (χ0n) is 25.4. The number of anilines is 1. The number of benzene rings is 1. The molecule has 0 spiro atoms. The summed E-state index contributed by atoms with van der Waals surface area (Å²) in [5, 5.41) is 14.6. The fourth-order valence-electron chi connectivity index (χ4n) is 5.36. The Hall–Kier alpha value is -1.56. The van der Waals surface area contributed by atoms with Crippen molar-refractivity contribution in [3.8, 4) is 0 Å². The number of unbranched alkanes of at least 4 members (excludes halogenated alkanes) is 8. The van der Waals surface area contributed by atoms with Crippen LogP contribution in [0.15, 0.2) is 30.3 Å². The topological polar surface area (TPSA) is 74.2 Å². The van der Waals surface area contributed by atoms with E-state index in [1.807, 2.05) is 41.9 Å². The summed E-state index contributed by atoms with van der Waals surface area (Å²) >= 11 is 0. The van der Waals surface area contributed by atoms with E-state index in [0.717, 1.165) is 29.1 Å². The fraction of sp³-hybridized carbons (Fsp3) is 0.636. The van der Waals surface area contributed by atoms with Gasteiger partial charge < -0.3 is 19.8 Å². The van der Waals surface area contributed by atoms with Crippen molar-refractivity contribution in [3.05, 3.63) is 52.8 Å². The number of rotatable bonds is 21. The van der Waals surface area contributed by atoms with E-state index in [1.165, 1.54) is 77.0 Å². The first-order chi connectivity index (χ1) is 18.4. The van der Waals surface area contributed by atoms with Gasteiger partial charge in [-0.2, -0.15) is 0 Å². The van der Waals surface area contributed by atoms with E-state index in [9.17, 15) is 14.7 Å². The van der Waals surface area contributed by atoms with E-state index in [0.29, 0.717) is 24.4 Å². The van der Waals surface area contributed by atoms with Gasteiger partial charge in [-0.25, -0.2) is 0 Å². The Morgan fingerprint density at radius 3 is 1.92 bits per heavy atom. The molecule has 0 amide bonds. The smallest absolute Gasteiger partial charge is 0.550 e. The summed E-state index contributed by atoms with van der Waals surface area (Å²) in [6, 6.07) is 10.4. The van der Waals surface area contributed by atoms with E-state index < -0.39 is 5.97 Å². The molecular weight excluding hydrogens is 495 g/mol. The molecule has 1 heterocycles. The van der Waals surface area contributed by atoms with E-state index in [2.05, 4.69) is 26.1 Å². The van der Waals surface area contributed by atoms with Gasteiger partial charge in [-0.3, -0.25) is 4.79 Å². The number of hydrogen-bond acceptors (Lipinski definition) is 4. The molecule has 0 saturated heterocycles. The molecular formula is C33H51N2NaO3. The minimum atomic E-state index is -1.03. The van der Waals surface area contributed by atoms with Gasteiger partial charge in [0.15, 0.2) is 5.78 Å². The molecule has 1 aromatic heterocycles. The second kappa shape index (κ2) is 20.3. The largest absolute Gasteiger partial charge is 1.00 e. The third-order valence-corrected chi connectivity index (χ3v) is 7.68. The Labute approximate surface area is 259 Å². The summed E-state index contributed by atoms with van der Waals surface area (Å²) < 4.78 is 2.05. The average molecular weight is 547 g/mol. The van der Waals surface area contributed by atoms with Crippen LogP contribution in [0.4, 0.5) is 5.69 Å². The molecule has 0 fully saturated rings. The molecule has 5 nitrogen and oxygen atoms in total. The molecule has 0 radical (unpaired) electrons. The number of carbonyl (C=O) groups excluding carboxylic acids is 2. The van der Waals surface area contributed by atoms with Gasteiger partial charge in [0.25, 0.3) is 0 Å². The second-order valence-corrected chi connectivity index (χ2v) is 10.8. The van der Waals surface area contributed by atoms with Crippen LogP contribution in [0.1, 0.15) is 138 Å². The minimum absolute atomic E-state index is 0. The van der Waals surface area contributed by atoms with Crippen LogP contribution in [-0.4, -0.2) is 22.4 Å². The standard InChI is InChI=1S/C33H52N2O3.Na/c1-5-8-10-12-14-17-27(18-15-13-11-9-6-2)34-28-23-21-26(22-24-28)33(38)30-25-29(19-16-20-32(36)37)35(4)31(30)7-3;/h21-25,27,34H,5-20H2,1-4H3,(H,36,37);/q;+1/p-1. The van der Waals surface area contributed by atoms with Gasteiger partial charge in [0.2, 0.25) is 0 Å².